The minimum atomic E-state index is -0.514. The quantitative estimate of drug-likeness (QED) is 0.613. The van der Waals surface area contributed by atoms with Gasteiger partial charge < -0.3 is 14.7 Å². The van der Waals surface area contributed by atoms with Gasteiger partial charge in [0.05, 0.1) is 12.0 Å². The number of hydrogen-bond acceptors (Lipinski definition) is 5. The second-order valence-electron chi connectivity index (χ2n) is 9.92. The van der Waals surface area contributed by atoms with E-state index in [1.807, 2.05) is 6.07 Å². The fourth-order valence-electron chi connectivity index (χ4n) is 6.38. The lowest BCUT2D eigenvalue weighted by atomic mass is 9.55. The van der Waals surface area contributed by atoms with Gasteiger partial charge in [0, 0.05) is 56.2 Å². The van der Waals surface area contributed by atoms with Crippen LogP contribution in [-0.2, 0) is 9.53 Å². The molecule has 0 unspecified atom stereocenters. The molecule has 5 nitrogen and oxygen atoms in total. The largest absolute Gasteiger partial charge is 0.461 e. The summed E-state index contributed by atoms with van der Waals surface area (Å²) in [5.41, 5.74) is 2.34. The summed E-state index contributed by atoms with van der Waals surface area (Å²) in [6, 6.07) is 10.5. The molecule has 5 rings (SSSR count). The number of esters is 1. The van der Waals surface area contributed by atoms with Gasteiger partial charge in [-0.1, -0.05) is 43.7 Å². The molecular weight excluding hydrogens is 376 g/mol. The number of hydrogen-bond donors (Lipinski definition) is 1. The van der Waals surface area contributed by atoms with Gasteiger partial charge in [-0.3, -0.25) is 9.69 Å². The van der Waals surface area contributed by atoms with Crippen molar-refractivity contribution in [2.24, 2.45) is 23.2 Å². The highest BCUT2D eigenvalue weighted by molar-refractivity contribution is 5.76. The number of aliphatic hydroxyl groups excluding tert-OH is 1. The molecule has 2 heterocycles. The number of nitrogens with zero attached hydrogens (tertiary/aromatic N) is 2. The third-order valence-electron chi connectivity index (χ3n) is 8.52. The highest BCUT2D eigenvalue weighted by Gasteiger charge is 2.59. The first-order valence-corrected chi connectivity index (χ1v) is 11.6. The molecule has 5 heteroatoms. The van der Waals surface area contributed by atoms with Crippen LogP contribution in [0, 0.1) is 23.2 Å². The topological polar surface area (TPSA) is 53.0 Å². The van der Waals surface area contributed by atoms with E-state index in [1.165, 1.54) is 11.3 Å². The number of aliphatic hydroxyl groups is 1. The Bertz CT molecular complexity index is 817. The molecule has 4 aliphatic rings. The standard InChI is InChI=1S/C25H34N2O3/c1-17-7-6-8-18-15-21-22(23(28)25(17,18)2)20(24(29)30-21)16-26-11-13-27(14-12-26)19-9-4-3-5-10-19/h3-5,8-10,17,20-23,28H,6-7,11-16H2,1-2H3/t17-,20-,21-,22+,23-,25-/m1/s1. The zero-order chi connectivity index (χ0) is 20.9. The molecule has 1 saturated carbocycles. The average Bonchev–Trinajstić information content (AvgIpc) is 3.07. The summed E-state index contributed by atoms with van der Waals surface area (Å²) in [5, 5.41) is 11.5. The lowest BCUT2D eigenvalue weighted by Gasteiger charge is -2.52. The number of piperazine rings is 1. The first-order valence-electron chi connectivity index (χ1n) is 11.6. The molecule has 2 aliphatic heterocycles. The Morgan fingerprint density at radius 3 is 2.63 bits per heavy atom. The number of benzene rings is 1. The normalized spacial score (nSPS) is 39.2. The molecule has 0 spiro atoms. The van der Waals surface area contributed by atoms with E-state index in [0.29, 0.717) is 12.5 Å². The van der Waals surface area contributed by atoms with Crippen LogP contribution in [-0.4, -0.2) is 60.9 Å². The summed E-state index contributed by atoms with van der Waals surface area (Å²) in [6.07, 6.45) is 4.59. The molecule has 1 aromatic rings. The molecule has 2 aliphatic carbocycles. The second-order valence-corrected chi connectivity index (χ2v) is 9.92. The van der Waals surface area contributed by atoms with E-state index in [1.54, 1.807) is 0 Å². The van der Waals surface area contributed by atoms with E-state index in [0.717, 1.165) is 45.4 Å². The molecular formula is C25H34N2O3. The predicted octanol–water partition coefficient (Wildman–Crippen LogP) is 3.09. The minimum Gasteiger partial charge on any atom is -0.461 e. The van der Waals surface area contributed by atoms with Crippen LogP contribution >= 0.6 is 0 Å². The third-order valence-corrected chi connectivity index (χ3v) is 8.52. The summed E-state index contributed by atoms with van der Waals surface area (Å²) >= 11 is 0. The highest BCUT2D eigenvalue weighted by atomic mass is 16.6. The van der Waals surface area contributed by atoms with Gasteiger partial charge in [0.15, 0.2) is 0 Å². The SMILES string of the molecule is C[C@@H]1CCC=C2C[C@H]3OC(=O)[C@H](CN4CCN(c5ccccc5)CC4)[C@@H]3[C@@H](O)[C@@]21C. The number of carbonyl (C=O) groups excluding carboxylic acids is 1. The highest BCUT2D eigenvalue weighted by Crippen LogP contribution is 2.56. The van der Waals surface area contributed by atoms with Gasteiger partial charge in [0.1, 0.15) is 6.10 Å². The van der Waals surface area contributed by atoms with Crippen molar-refractivity contribution in [2.75, 3.05) is 37.6 Å². The van der Waals surface area contributed by atoms with Crippen LogP contribution < -0.4 is 4.90 Å². The van der Waals surface area contributed by atoms with Crippen LogP contribution in [0.3, 0.4) is 0 Å². The van der Waals surface area contributed by atoms with E-state index in [4.69, 9.17) is 4.74 Å². The van der Waals surface area contributed by atoms with E-state index in [-0.39, 0.29) is 29.3 Å². The molecule has 1 aromatic carbocycles. The maximum absolute atomic E-state index is 12.8. The van der Waals surface area contributed by atoms with E-state index < -0.39 is 6.10 Å². The molecule has 162 valence electrons. The maximum atomic E-state index is 12.8. The summed E-state index contributed by atoms with van der Waals surface area (Å²) in [5.74, 6) is 0.0115. The summed E-state index contributed by atoms with van der Waals surface area (Å²) < 4.78 is 5.83. The number of ether oxygens (including phenoxy) is 1. The molecule has 0 amide bonds. The fraction of sp³-hybridized carbons (Fsp3) is 0.640. The Hall–Kier alpha value is -1.85. The molecule has 6 atom stereocenters. The number of carbonyl (C=O) groups is 1. The maximum Gasteiger partial charge on any atom is 0.311 e. The van der Waals surface area contributed by atoms with Crippen molar-refractivity contribution in [3.05, 3.63) is 42.0 Å². The van der Waals surface area contributed by atoms with Crippen molar-refractivity contribution >= 4 is 11.7 Å². The number of rotatable bonds is 3. The summed E-state index contributed by atoms with van der Waals surface area (Å²) in [7, 11) is 0. The van der Waals surface area contributed by atoms with Crippen LogP contribution in [0.4, 0.5) is 5.69 Å². The molecule has 30 heavy (non-hydrogen) atoms. The lowest BCUT2D eigenvalue weighted by Crippen LogP contribution is -2.55. The Morgan fingerprint density at radius 1 is 1.17 bits per heavy atom. The summed E-state index contributed by atoms with van der Waals surface area (Å²) in [6.45, 7) is 8.96. The molecule has 0 radical (unpaired) electrons. The van der Waals surface area contributed by atoms with Gasteiger partial charge in [-0.15, -0.1) is 0 Å². The van der Waals surface area contributed by atoms with Crippen molar-refractivity contribution in [1.29, 1.82) is 0 Å². The van der Waals surface area contributed by atoms with Crippen LogP contribution in [0.1, 0.15) is 33.1 Å². The van der Waals surface area contributed by atoms with Gasteiger partial charge in [0.25, 0.3) is 0 Å². The van der Waals surface area contributed by atoms with Crippen molar-refractivity contribution in [3.8, 4) is 0 Å². The minimum absolute atomic E-state index is 0.0904. The van der Waals surface area contributed by atoms with Crippen LogP contribution in [0.2, 0.25) is 0 Å². The van der Waals surface area contributed by atoms with E-state index in [2.05, 4.69) is 54.0 Å². The third kappa shape index (κ3) is 3.18. The molecule has 0 bridgehead atoms. The second kappa shape index (κ2) is 7.69. The number of fused-ring (bicyclic) bond motifs is 2. The van der Waals surface area contributed by atoms with Gasteiger partial charge >= 0.3 is 5.97 Å². The zero-order valence-corrected chi connectivity index (χ0v) is 18.2. The van der Waals surface area contributed by atoms with Crippen molar-refractivity contribution < 1.29 is 14.6 Å². The number of allylic oxidation sites excluding steroid dienone is 1. The van der Waals surface area contributed by atoms with E-state index in [9.17, 15) is 9.90 Å². The fourth-order valence-corrected chi connectivity index (χ4v) is 6.38. The Morgan fingerprint density at radius 2 is 1.90 bits per heavy atom. The van der Waals surface area contributed by atoms with Crippen LogP contribution in [0.15, 0.2) is 42.0 Å². The van der Waals surface area contributed by atoms with Gasteiger partial charge in [0.2, 0.25) is 0 Å². The predicted molar refractivity (Wildman–Crippen MR) is 117 cm³/mol. The first kappa shape index (κ1) is 20.1. The average molecular weight is 411 g/mol. The van der Waals surface area contributed by atoms with Crippen molar-refractivity contribution in [3.63, 3.8) is 0 Å². The molecule has 0 aromatic heterocycles. The number of para-hydroxylation sites is 1. The van der Waals surface area contributed by atoms with Gasteiger partial charge in [-0.2, -0.15) is 0 Å². The Labute approximate surface area is 179 Å². The number of anilines is 1. The lowest BCUT2D eigenvalue weighted by molar-refractivity contribution is -0.145. The monoisotopic (exact) mass is 410 g/mol. The Kier molecular flexibility index (Phi) is 5.14. The molecule has 2 saturated heterocycles. The van der Waals surface area contributed by atoms with E-state index >= 15 is 0 Å². The van der Waals surface area contributed by atoms with Crippen molar-refractivity contribution in [2.45, 2.75) is 45.3 Å². The van der Waals surface area contributed by atoms with Gasteiger partial charge in [-0.25, -0.2) is 0 Å². The van der Waals surface area contributed by atoms with Gasteiger partial charge in [-0.05, 0) is 30.9 Å². The molecule has 3 fully saturated rings. The van der Waals surface area contributed by atoms with Crippen molar-refractivity contribution in [1.82, 2.24) is 4.90 Å². The smallest absolute Gasteiger partial charge is 0.311 e. The van der Waals surface area contributed by atoms with Crippen LogP contribution in [0.5, 0.6) is 0 Å². The first-order chi connectivity index (χ1) is 14.5. The Balaban J connectivity index is 1.28. The molecule has 1 N–H and O–H groups in total. The van der Waals surface area contributed by atoms with Crippen LogP contribution in [0.25, 0.3) is 0 Å². The zero-order valence-electron chi connectivity index (χ0n) is 18.2. The summed E-state index contributed by atoms with van der Waals surface area (Å²) in [4.78, 5) is 17.6.